The SMILES string of the molecule is CN(C)c1cccc(C(=O)N2CCO[C@@H]([C@@H]3CCCO3)C2)c1. The fraction of sp³-hybridized carbons (Fsp3) is 0.588. The standard InChI is InChI=1S/C17H24N2O3/c1-18(2)14-6-3-5-13(11-14)17(20)19-8-10-22-16(12-19)15-7-4-9-21-15/h3,5-6,11,15-16H,4,7-10,12H2,1-2H3/t15-,16+/m0/s1. The van der Waals surface area contributed by atoms with Crippen LogP contribution in [0.3, 0.4) is 0 Å². The fourth-order valence-corrected chi connectivity index (χ4v) is 3.08. The molecule has 0 radical (unpaired) electrons. The van der Waals surface area contributed by atoms with E-state index in [2.05, 4.69) is 0 Å². The Morgan fingerprint density at radius 1 is 1.23 bits per heavy atom. The smallest absolute Gasteiger partial charge is 0.254 e. The average molecular weight is 304 g/mol. The van der Waals surface area contributed by atoms with Gasteiger partial charge in [-0.25, -0.2) is 0 Å². The lowest BCUT2D eigenvalue weighted by Gasteiger charge is -2.35. The monoisotopic (exact) mass is 304 g/mol. The molecule has 5 nitrogen and oxygen atoms in total. The largest absolute Gasteiger partial charge is 0.378 e. The number of morpholine rings is 1. The van der Waals surface area contributed by atoms with Crippen LogP contribution in [0.4, 0.5) is 5.69 Å². The molecule has 0 aromatic heterocycles. The number of amides is 1. The second-order valence-electron chi connectivity index (χ2n) is 6.16. The highest BCUT2D eigenvalue weighted by Crippen LogP contribution is 2.22. The van der Waals surface area contributed by atoms with Crippen molar-refractivity contribution in [2.45, 2.75) is 25.0 Å². The molecule has 0 aliphatic carbocycles. The van der Waals surface area contributed by atoms with Crippen molar-refractivity contribution < 1.29 is 14.3 Å². The number of nitrogens with zero attached hydrogens (tertiary/aromatic N) is 2. The fourth-order valence-electron chi connectivity index (χ4n) is 3.08. The minimum atomic E-state index is 0.0113. The van der Waals surface area contributed by atoms with Crippen LogP contribution in [0.25, 0.3) is 0 Å². The predicted molar refractivity (Wildman–Crippen MR) is 85.4 cm³/mol. The molecule has 22 heavy (non-hydrogen) atoms. The van der Waals surface area contributed by atoms with Gasteiger partial charge in [-0.1, -0.05) is 6.07 Å². The number of rotatable bonds is 3. The van der Waals surface area contributed by atoms with E-state index in [1.54, 1.807) is 0 Å². The van der Waals surface area contributed by atoms with Gasteiger partial charge in [-0.05, 0) is 31.0 Å². The first-order chi connectivity index (χ1) is 10.6. The Balaban J connectivity index is 1.69. The Morgan fingerprint density at radius 2 is 2.05 bits per heavy atom. The summed E-state index contributed by atoms with van der Waals surface area (Å²) in [5, 5.41) is 0. The van der Waals surface area contributed by atoms with Crippen molar-refractivity contribution in [3.63, 3.8) is 0 Å². The third-order valence-corrected chi connectivity index (χ3v) is 4.37. The number of benzene rings is 1. The molecule has 2 aliphatic heterocycles. The van der Waals surface area contributed by atoms with Crippen molar-refractivity contribution in [2.24, 2.45) is 0 Å². The summed E-state index contributed by atoms with van der Waals surface area (Å²) < 4.78 is 11.5. The van der Waals surface area contributed by atoms with Gasteiger partial charge in [0, 0.05) is 45.0 Å². The Kier molecular flexibility index (Phi) is 4.64. The predicted octanol–water partition coefficient (Wildman–Crippen LogP) is 1.77. The summed E-state index contributed by atoms with van der Waals surface area (Å²) in [6, 6.07) is 7.76. The summed E-state index contributed by atoms with van der Waals surface area (Å²) in [6.07, 6.45) is 2.27. The molecule has 3 rings (SSSR count). The summed E-state index contributed by atoms with van der Waals surface area (Å²) in [7, 11) is 3.96. The first kappa shape index (κ1) is 15.3. The summed E-state index contributed by atoms with van der Waals surface area (Å²) in [5.74, 6) is 0.0787. The van der Waals surface area contributed by atoms with Gasteiger partial charge in [-0.2, -0.15) is 0 Å². The second kappa shape index (κ2) is 6.67. The molecular weight excluding hydrogens is 280 g/mol. The Bertz CT molecular complexity index is 526. The van der Waals surface area contributed by atoms with Crippen molar-refractivity contribution >= 4 is 11.6 Å². The molecule has 0 saturated carbocycles. The average Bonchev–Trinajstić information content (AvgIpc) is 3.09. The normalized spacial score (nSPS) is 25.3. The number of ether oxygens (including phenoxy) is 2. The lowest BCUT2D eigenvalue weighted by molar-refractivity contribution is -0.0867. The van der Waals surface area contributed by atoms with Gasteiger partial charge in [-0.3, -0.25) is 4.79 Å². The second-order valence-corrected chi connectivity index (χ2v) is 6.16. The van der Waals surface area contributed by atoms with E-state index in [-0.39, 0.29) is 18.1 Å². The van der Waals surface area contributed by atoms with Crippen LogP contribution in [0.1, 0.15) is 23.2 Å². The quantitative estimate of drug-likeness (QED) is 0.853. The minimum absolute atomic E-state index is 0.0113. The van der Waals surface area contributed by atoms with Gasteiger partial charge < -0.3 is 19.3 Å². The molecule has 2 fully saturated rings. The summed E-state index contributed by atoms with van der Waals surface area (Å²) in [6.45, 7) is 2.66. The molecule has 120 valence electrons. The minimum Gasteiger partial charge on any atom is -0.378 e. The molecule has 1 aromatic carbocycles. The number of hydrogen-bond donors (Lipinski definition) is 0. The zero-order valence-corrected chi connectivity index (χ0v) is 13.3. The maximum absolute atomic E-state index is 12.7. The molecule has 2 atom stereocenters. The highest BCUT2D eigenvalue weighted by Gasteiger charge is 2.33. The lowest BCUT2D eigenvalue weighted by atomic mass is 10.1. The van der Waals surface area contributed by atoms with E-state index in [1.807, 2.05) is 48.2 Å². The van der Waals surface area contributed by atoms with Crippen LogP contribution in [0, 0.1) is 0 Å². The molecule has 2 aliphatic rings. The first-order valence-corrected chi connectivity index (χ1v) is 7.95. The van der Waals surface area contributed by atoms with Crippen LogP contribution in [0.5, 0.6) is 0 Å². The number of carbonyl (C=O) groups is 1. The molecule has 0 bridgehead atoms. The van der Waals surface area contributed by atoms with Crippen molar-refractivity contribution in [3.05, 3.63) is 29.8 Å². The van der Waals surface area contributed by atoms with Gasteiger partial charge in [0.2, 0.25) is 0 Å². The first-order valence-electron chi connectivity index (χ1n) is 7.95. The van der Waals surface area contributed by atoms with E-state index in [9.17, 15) is 4.79 Å². The van der Waals surface area contributed by atoms with Crippen molar-refractivity contribution in [2.75, 3.05) is 45.3 Å². The van der Waals surface area contributed by atoms with Crippen molar-refractivity contribution in [1.29, 1.82) is 0 Å². The summed E-state index contributed by atoms with van der Waals surface area (Å²) >= 11 is 0. The molecule has 2 heterocycles. The molecule has 0 spiro atoms. The van der Waals surface area contributed by atoms with Gasteiger partial charge in [0.1, 0.15) is 6.10 Å². The maximum Gasteiger partial charge on any atom is 0.254 e. The third kappa shape index (κ3) is 3.25. The van der Waals surface area contributed by atoms with Gasteiger partial charge in [0.15, 0.2) is 0 Å². The molecule has 0 unspecified atom stereocenters. The van der Waals surface area contributed by atoms with E-state index in [0.717, 1.165) is 30.7 Å². The van der Waals surface area contributed by atoms with Crippen molar-refractivity contribution in [1.82, 2.24) is 4.90 Å². The van der Waals surface area contributed by atoms with Gasteiger partial charge in [0.05, 0.1) is 12.7 Å². The molecule has 2 saturated heterocycles. The molecule has 1 aromatic rings. The van der Waals surface area contributed by atoms with Crippen LogP contribution >= 0.6 is 0 Å². The van der Waals surface area contributed by atoms with Crippen LogP contribution in [0.2, 0.25) is 0 Å². The molecule has 0 N–H and O–H groups in total. The molecule has 1 amide bonds. The van der Waals surface area contributed by atoms with Crippen LogP contribution in [-0.2, 0) is 9.47 Å². The Morgan fingerprint density at radius 3 is 2.77 bits per heavy atom. The summed E-state index contributed by atoms with van der Waals surface area (Å²) in [4.78, 5) is 16.6. The summed E-state index contributed by atoms with van der Waals surface area (Å²) in [5.41, 5.74) is 1.77. The van der Waals surface area contributed by atoms with E-state index in [1.165, 1.54) is 0 Å². The van der Waals surface area contributed by atoms with E-state index < -0.39 is 0 Å². The zero-order valence-electron chi connectivity index (χ0n) is 13.3. The van der Waals surface area contributed by atoms with Gasteiger partial charge in [0.25, 0.3) is 5.91 Å². The lowest BCUT2D eigenvalue weighted by Crippen LogP contribution is -2.49. The highest BCUT2D eigenvalue weighted by atomic mass is 16.5. The van der Waals surface area contributed by atoms with Crippen LogP contribution in [-0.4, -0.2) is 63.4 Å². The van der Waals surface area contributed by atoms with Crippen LogP contribution in [0.15, 0.2) is 24.3 Å². The zero-order chi connectivity index (χ0) is 15.5. The number of carbonyl (C=O) groups excluding carboxylic acids is 1. The van der Waals surface area contributed by atoms with E-state index >= 15 is 0 Å². The van der Waals surface area contributed by atoms with E-state index in [4.69, 9.17) is 9.47 Å². The number of anilines is 1. The third-order valence-electron chi connectivity index (χ3n) is 4.37. The topological polar surface area (TPSA) is 42.0 Å². The highest BCUT2D eigenvalue weighted by molar-refractivity contribution is 5.95. The van der Waals surface area contributed by atoms with E-state index in [0.29, 0.717) is 19.7 Å². The molecular formula is C17H24N2O3. The molecule has 5 heteroatoms. The Labute approximate surface area is 131 Å². The van der Waals surface area contributed by atoms with Crippen LogP contribution < -0.4 is 4.90 Å². The Hall–Kier alpha value is -1.59. The number of hydrogen-bond acceptors (Lipinski definition) is 4. The van der Waals surface area contributed by atoms with Crippen molar-refractivity contribution in [3.8, 4) is 0 Å². The van der Waals surface area contributed by atoms with Gasteiger partial charge >= 0.3 is 0 Å². The van der Waals surface area contributed by atoms with Gasteiger partial charge in [-0.15, -0.1) is 0 Å². The maximum atomic E-state index is 12.7.